The van der Waals surface area contributed by atoms with Crippen LogP contribution in [0.1, 0.15) is 50.1 Å². The van der Waals surface area contributed by atoms with Gasteiger partial charge in [-0.1, -0.05) is 0 Å². The largest absolute Gasteiger partial charge is 0.493 e. The normalized spacial score (nSPS) is 27.6. The molecule has 4 rings (SSSR count). The van der Waals surface area contributed by atoms with Crippen molar-refractivity contribution >= 4 is 0 Å². The Hall–Kier alpha value is -1.13. The zero-order chi connectivity index (χ0) is 15.0. The number of benzene rings is 1. The quantitative estimate of drug-likeness (QED) is 0.906. The monoisotopic (exact) mass is 305 g/mol. The van der Waals surface area contributed by atoms with E-state index in [-0.39, 0.29) is 11.9 Å². The molecule has 3 aliphatic rings. The average molecular weight is 305 g/mol. The van der Waals surface area contributed by atoms with E-state index in [2.05, 4.69) is 5.32 Å². The van der Waals surface area contributed by atoms with Crippen molar-refractivity contribution in [3.8, 4) is 5.75 Å². The summed E-state index contributed by atoms with van der Waals surface area (Å²) in [5.74, 6) is 0.669. The molecule has 1 aliphatic carbocycles. The summed E-state index contributed by atoms with van der Waals surface area (Å²) in [6, 6.07) is 5.67. The third-order valence-corrected chi connectivity index (χ3v) is 5.59. The lowest BCUT2D eigenvalue weighted by atomic mass is 9.61. The fourth-order valence-electron chi connectivity index (χ4n) is 4.32. The smallest absolute Gasteiger partial charge is 0.124 e. The van der Waals surface area contributed by atoms with Gasteiger partial charge in [0.05, 0.1) is 6.61 Å². The zero-order valence-corrected chi connectivity index (χ0v) is 12.9. The Morgan fingerprint density at radius 3 is 2.77 bits per heavy atom. The van der Waals surface area contributed by atoms with Crippen LogP contribution in [-0.4, -0.2) is 25.9 Å². The molecule has 0 radical (unpaired) electrons. The molecule has 3 nitrogen and oxygen atoms in total. The standard InChI is InChI=1S/C18H24FNO2/c19-13-3-4-17-15(10-13)16(2-1-7-22-17)20-14-11-18(12-14)5-8-21-9-6-18/h3-4,10,14,16,20H,1-2,5-9,11-12H2. The predicted octanol–water partition coefficient (Wildman–Crippen LogP) is 3.59. The van der Waals surface area contributed by atoms with E-state index >= 15 is 0 Å². The Labute approximate surface area is 131 Å². The van der Waals surface area contributed by atoms with Gasteiger partial charge in [0.25, 0.3) is 0 Å². The lowest BCUT2D eigenvalue weighted by Gasteiger charge is -2.51. The van der Waals surface area contributed by atoms with Gasteiger partial charge in [-0.3, -0.25) is 0 Å². The van der Waals surface area contributed by atoms with Gasteiger partial charge in [-0.15, -0.1) is 0 Å². The van der Waals surface area contributed by atoms with Crippen LogP contribution in [0, 0.1) is 11.2 Å². The van der Waals surface area contributed by atoms with Crippen LogP contribution in [-0.2, 0) is 4.74 Å². The van der Waals surface area contributed by atoms with Crippen molar-refractivity contribution in [1.29, 1.82) is 0 Å². The maximum atomic E-state index is 13.6. The van der Waals surface area contributed by atoms with E-state index in [0.29, 0.717) is 11.5 Å². The molecule has 0 aromatic heterocycles. The first kappa shape index (κ1) is 14.5. The summed E-state index contributed by atoms with van der Waals surface area (Å²) in [6.07, 6.45) is 6.90. The summed E-state index contributed by atoms with van der Waals surface area (Å²) in [7, 11) is 0. The van der Waals surface area contributed by atoms with E-state index in [4.69, 9.17) is 9.47 Å². The van der Waals surface area contributed by atoms with E-state index < -0.39 is 0 Å². The summed E-state index contributed by atoms with van der Waals surface area (Å²) in [4.78, 5) is 0. The van der Waals surface area contributed by atoms with Gasteiger partial charge in [-0.05, 0) is 62.1 Å². The molecule has 2 fully saturated rings. The maximum Gasteiger partial charge on any atom is 0.124 e. The molecule has 2 aliphatic heterocycles. The first-order chi connectivity index (χ1) is 10.7. The summed E-state index contributed by atoms with van der Waals surface area (Å²) < 4.78 is 24.9. The highest BCUT2D eigenvalue weighted by Crippen LogP contribution is 2.49. The van der Waals surface area contributed by atoms with Crippen LogP contribution in [0.4, 0.5) is 4.39 Å². The van der Waals surface area contributed by atoms with Gasteiger partial charge in [0.2, 0.25) is 0 Å². The number of fused-ring (bicyclic) bond motifs is 1. The first-order valence-corrected chi connectivity index (χ1v) is 8.50. The van der Waals surface area contributed by atoms with Crippen molar-refractivity contribution in [3.63, 3.8) is 0 Å². The lowest BCUT2D eigenvalue weighted by Crippen LogP contribution is -2.52. The van der Waals surface area contributed by atoms with Gasteiger partial charge in [0, 0.05) is 30.9 Å². The van der Waals surface area contributed by atoms with E-state index in [1.807, 2.05) is 0 Å². The van der Waals surface area contributed by atoms with Gasteiger partial charge in [0.1, 0.15) is 11.6 Å². The minimum Gasteiger partial charge on any atom is -0.493 e. The third kappa shape index (κ3) is 2.74. The second-order valence-corrected chi connectivity index (χ2v) is 7.11. The highest BCUT2D eigenvalue weighted by atomic mass is 19.1. The number of hydrogen-bond donors (Lipinski definition) is 1. The number of hydrogen-bond acceptors (Lipinski definition) is 3. The Bertz CT molecular complexity index is 534. The molecule has 120 valence electrons. The molecule has 1 aromatic rings. The molecule has 2 heterocycles. The predicted molar refractivity (Wildman–Crippen MR) is 82.5 cm³/mol. The molecular weight excluding hydrogens is 281 g/mol. The summed E-state index contributed by atoms with van der Waals surface area (Å²) in [5.41, 5.74) is 1.51. The molecular formula is C18H24FNO2. The Morgan fingerprint density at radius 2 is 1.95 bits per heavy atom. The van der Waals surface area contributed by atoms with Crippen LogP contribution in [0.25, 0.3) is 0 Å². The van der Waals surface area contributed by atoms with E-state index in [1.165, 1.54) is 31.7 Å². The molecule has 1 unspecified atom stereocenters. The van der Waals surface area contributed by atoms with Crippen LogP contribution in [0.2, 0.25) is 0 Å². The van der Waals surface area contributed by atoms with Crippen molar-refractivity contribution in [2.45, 2.75) is 50.6 Å². The second kappa shape index (κ2) is 5.82. The first-order valence-electron chi connectivity index (χ1n) is 8.50. The van der Waals surface area contributed by atoms with Gasteiger partial charge in [0.15, 0.2) is 0 Å². The fraction of sp³-hybridized carbons (Fsp3) is 0.667. The van der Waals surface area contributed by atoms with Crippen LogP contribution in [0.3, 0.4) is 0 Å². The number of nitrogens with one attached hydrogen (secondary N) is 1. The highest BCUT2D eigenvalue weighted by molar-refractivity contribution is 5.37. The van der Waals surface area contributed by atoms with Crippen LogP contribution in [0.5, 0.6) is 5.75 Å². The van der Waals surface area contributed by atoms with Crippen LogP contribution >= 0.6 is 0 Å². The van der Waals surface area contributed by atoms with Crippen LogP contribution < -0.4 is 10.1 Å². The van der Waals surface area contributed by atoms with Crippen molar-refractivity contribution in [1.82, 2.24) is 5.32 Å². The van der Waals surface area contributed by atoms with Gasteiger partial charge in [-0.2, -0.15) is 0 Å². The third-order valence-electron chi connectivity index (χ3n) is 5.59. The average Bonchev–Trinajstić information content (AvgIpc) is 2.69. The molecule has 1 aromatic carbocycles. The maximum absolute atomic E-state index is 13.6. The Kier molecular flexibility index (Phi) is 3.82. The highest BCUT2D eigenvalue weighted by Gasteiger charge is 2.45. The molecule has 1 N–H and O–H groups in total. The summed E-state index contributed by atoms with van der Waals surface area (Å²) in [6.45, 7) is 2.55. The molecule has 1 spiro atoms. The molecule has 0 bridgehead atoms. The minimum absolute atomic E-state index is 0.175. The molecule has 4 heteroatoms. The van der Waals surface area contributed by atoms with E-state index in [9.17, 15) is 4.39 Å². The Balaban J connectivity index is 1.44. The molecule has 22 heavy (non-hydrogen) atoms. The van der Waals surface area contributed by atoms with E-state index in [1.54, 1.807) is 12.1 Å². The van der Waals surface area contributed by atoms with Crippen LogP contribution in [0.15, 0.2) is 18.2 Å². The zero-order valence-electron chi connectivity index (χ0n) is 12.9. The number of rotatable bonds is 2. The second-order valence-electron chi connectivity index (χ2n) is 7.11. The van der Waals surface area contributed by atoms with E-state index in [0.717, 1.165) is 44.0 Å². The lowest BCUT2D eigenvalue weighted by molar-refractivity contribution is -0.0473. The molecule has 1 atom stereocenters. The number of halogens is 1. The van der Waals surface area contributed by atoms with Crippen molar-refractivity contribution in [3.05, 3.63) is 29.6 Å². The SMILES string of the molecule is Fc1ccc2c(c1)C(NC1CC3(CCOCC3)C1)CCCO2. The van der Waals surface area contributed by atoms with Gasteiger partial charge >= 0.3 is 0 Å². The summed E-state index contributed by atoms with van der Waals surface area (Å²) in [5, 5.41) is 3.76. The molecule has 0 amide bonds. The van der Waals surface area contributed by atoms with Crippen molar-refractivity contribution in [2.75, 3.05) is 19.8 Å². The fourth-order valence-corrected chi connectivity index (χ4v) is 4.32. The van der Waals surface area contributed by atoms with Gasteiger partial charge < -0.3 is 14.8 Å². The van der Waals surface area contributed by atoms with Crippen molar-refractivity contribution < 1.29 is 13.9 Å². The van der Waals surface area contributed by atoms with Crippen molar-refractivity contribution in [2.24, 2.45) is 5.41 Å². The minimum atomic E-state index is -0.175. The Morgan fingerprint density at radius 1 is 1.14 bits per heavy atom. The molecule has 1 saturated heterocycles. The number of ether oxygens (including phenoxy) is 2. The van der Waals surface area contributed by atoms with Gasteiger partial charge in [-0.25, -0.2) is 4.39 Å². The molecule has 1 saturated carbocycles. The summed E-state index contributed by atoms with van der Waals surface area (Å²) >= 11 is 0. The topological polar surface area (TPSA) is 30.5 Å².